The molecule has 0 saturated carbocycles. The predicted octanol–water partition coefficient (Wildman–Crippen LogP) is 5.33. The molecule has 2 aromatic carbocycles. The third kappa shape index (κ3) is 6.33. The molecule has 0 aliphatic rings. The minimum atomic E-state index is -4.86. The van der Waals surface area contributed by atoms with Gasteiger partial charge in [-0.3, -0.25) is 4.79 Å². The van der Waals surface area contributed by atoms with Crippen molar-refractivity contribution in [1.29, 1.82) is 0 Å². The highest BCUT2D eigenvalue weighted by molar-refractivity contribution is 9.10. The second kappa shape index (κ2) is 9.68. The van der Waals surface area contributed by atoms with Crippen LogP contribution in [0.4, 0.5) is 18.9 Å². The summed E-state index contributed by atoms with van der Waals surface area (Å²) in [7, 11) is 0. The zero-order valence-corrected chi connectivity index (χ0v) is 16.8. The Kier molecular flexibility index (Phi) is 7.56. The maximum absolute atomic E-state index is 12.5. The van der Waals surface area contributed by atoms with Crippen LogP contribution in [0.2, 0.25) is 0 Å². The zero-order chi connectivity index (χ0) is 20.7. The van der Waals surface area contributed by atoms with Crippen LogP contribution in [-0.4, -0.2) is 25.5 Å². The lowest BCUT2D eigenvalue weighted by atomic mass is 10.1. The van der Waals surface area contributed by atoms with Gasteiger partial charge in [0.1, 0.15) is 0 Å². The normalized spacial score (nSPS) is 11.1. The Bertz CT molecular complexity index is 827. The van der Waals surface area contributed by atoms with Gasteiger partial charge in [-0.1, -0.05) is 28.1 Å². The molecule has 0 atom stereocenters. The monoisotopic (exact) mass is 461 g/mol. The Hall–Kier alpha value is -2.42. The Morgan fingerprint density at radius 2 is 1.64 bits per heavy atom. The number of carbonyl (C=O) groups is 1. The average molecular weight is 462 g/mol. The van der Waals surface area contributed by atoms with E-state index in [1.165, 1.54) is 18.2 Å². The lowest BCUT2D eigenvalue weighted by Gasteiger charge is -2.15. The number of ether oxygens (including phenoxy) is 3. The number of amides is 1. The Labute approximate surface area is 168 Å². The van der Waals surface area contributed by atoms with Crippen molar-refractivity contribution in [2.45, 2.75) is 26.6 Å². The van der Waals surface area contributed by atoms with Crippen LogP contribution in [-0.2, 0) is 11.2 Å². The van der Waals surface area contributed by atoms with Crippen molar-refractivity contribution in [3.63, 3.8) is 0 Å². The third-order valence-electron chi connectivity index (χ3n) is 3.45. The lowest BCUT2D eigenvalue weighted by molar-refractivity contribution is -0.274. The summed E-state index contributed by atoms with van der Waals surface area (Å²) in [5.41, 5.74) is 0.524. The van der Waals surface area contributed by atoms with Gasteiger partial charge in [-0.15, -0.1) is 13.2 Å². The van der Waals surface area contributed by atoms with Gasteiger partial charge in [0.25, 0.3) is 0 Å². The smallest absolute Gasteiger partial charge is 0.490 e. The molecule has 1 N–H and O–H groups in total. The summed E-state index contributed by atoms with van der Waals surface area (Å²) in [6.45, 7) is 4.52. The maximum Gasteiger partial charge on any atom is 0.573 e. The molecular weight excluding hydrogens is 443 g/mol. The number of rotatable bonds is 8. The first-order valence-corrected chi connectivity index (χ1v) is 9.25. The van der Waals surface area contributed by atoms with Gasteiger partial charge in [0, 0.05) is 4.47 Å². The number of halogens is 4. The molecule has 0 unspecified atom stereocenters. The van der Waals surface area contributed by atoms with Crippen LogP contribution in [0, 0.1) is 0 Å². The van der Waals surface area contributed by atoms with E-state index in [0.717, 1.165) is 6.07 Å². The molecule has 0 heterocycles. The van der Waals surface area contributed by atoms with Crippen LogP contribution in [0.15, 0.2) is 40.9 Å². The summed E-state index contributed by atoms with van der Waals surface area (Å²) in [5, 5.41) is 2.44. The number of para-hydroxylation sites is 2. The molecule has 5 nitrogen and oxygen atoms in total. The van der Waals surface area contributed by atoms with E-state index in [1.807, 2.05) is 13.8 Å². The first-order valence-electron chi connectivity index (χ1n) is 8.46. The molecule has 0 aromatic heterocycles. The summed E-state index contributed by atoms with van der Waals surface area (Å²) in [4.78, 5) is 12.4. The number of anilines is 1. The number of alkyl halides is 3. The van der Waals surface area contributed by atoms with Gasteiger partial charge in [-0.2, -0.15) is 0 Å². The van der Waals surface area contributed by atoms with Gasteiger partial charge in [-0.25, -0.2) is 0 Å². The number of hydrogen-bond acceptors (Lipinski definition) is 4. The van der Waals surface area contributed by atoms with E-state index in [2.05, 4.69) is 26.0 Å². The first-order chi connectivity index (χ1) is 13.2. The highest BCUT2D eigenvalue weighted by atomic mass is 79.9. The number of carbonyl (C=O) groups excluding carboxylic acids is 1. The van der Waals surface area contributed by atoms with Crippen molar-refractivity contribution in [3.05, 3.63) is 46.4 Å². The van der Waals surface area contributed by atoms with E-state index >= 15 is 0 Å². The van der Waals surface area contributed by atoms with Crippen LogP contribution in [0.1, 0.15) is 19.4 Å². The molecule has 2 rings (SSSR count). The van der Waals surface area contributed by atoms with Gasteiger partial charge >= 0.3 is 6.36 Å². The topological polar surface area (TPSA) is 56.8 Å². The standard InChI is InChI=1S/C19H19BrF3NO4/c1-3-26-16-9-12(13(20)11-17(16)27-4-2)10-18(25)24-14-7-5-6-8-15(14)28-19(21,22)23/h5-9,11H,3-4,10H2,1-2H3,(H,24,25). The fourth-order valence-corrected chi connectivity index (χ4v) is 2.86. The Morgan fingerprint density at radius 3 is 2.25 bits per heavy atom. The lowest BCUT2D eigenvalue weighted by Crippen LogP contribution is -2.20. The van der Waals surface area contributed by atoms with Crippen LogP contribution >= 0.6 is 15.9 Å². The van der Waals surface area contributed by atoms with Gasteiger partial charge in [0.2, 0.25) is 5.91 Å². The molecule has 28 heavy (non-hydrogen) atoms. The van der Waals surface area contributed by atoms with Gasteiger partial charge in [0.15, 0.2) is 17.2 Å². The second-order valence-electron chi connectivity index (χ2n) is 5.53. The number of hydrogen-bond donors (Lipinski definition) is 1. The molecule has 0 aliphatic carbocycles. The largest absolute Gasteiger partial charge is 0.573 e. The fourth-order valence-electron chi connectivity index (χ4n) is 2.40. The molecule has 152 valence electrons. The first kappa shape index (κ1) is 21.9. The summed E-state index contributed by atoms with van der Waals surface area (Å²) < 4.78 is 53.1. The van der Waals surface area contributed by atoms with Crippen LogP contribution in [0.3, 0.4) is 0 Å². The predicted molar refractivity (Wildman–Crippen MR) is 102 cm³/mol. The molecule has 0 fully saturated rings. The Morgan fingerprint density at radius 1 is 1.04 bits per heavy atom. The van der Waals surface area contributed by atoms with Crippen LogP contribution in [0.5, 0.6) is 17.2 Å². The minimum absolute atomic E-state index is 0.0723. The summed E-state index contributed by atoms with van der Waals surface area (Å²) in [6, 6.07) is 8.70. The molecule has 0 spiro atoms. The van der Waals surface area contributed by atoms with E-state index in [-0.39, 0.29) is 12.1 Å². The molecular formula is C19H19BrF3NO4. The van der Waals surface area contributed by atoms with E-state index < -0.39 is 18.0 Å². The van der Waals surface area contributed by atoms with E-state index in [0.29, 0.717) is 34.7 Å². The van der Waals surface area contributed by atoms with Crippen molar-refractivity contribution in [2.24, 2.45) is 0 Å². The van der Waals surface area contributed by atoms with Gasteiger partial charge in [0.05, 0.1) is 25.3 Å². The molecule has 0 bridgehead atoms. The van der Waals surface area contributed by atoms with Gasteiger partial charge < -0.3 is 19.5 Å². The van der Waals surface area contributed by atoms with Crippen molar-refractivity contribution < 1.29 is 32.2 Å². The minimum Gasteiger partial charge on any atom is -0.490 e. The fraction of sp³-hybridized carbons (Fsp3) is 0.316. The summed E-state index contributed by atoms with van der Waals surface area (Å²) >= 11 is 3.38. The van der Waals surface area contributed by atoms with Crippen molar-refractivity contribution >= 4 is 27.5 Å². The SMILES string of the molecule is CCOc1cc(Br)c(CC(=O)Nc2ccccc2OC(F)(F)F)cc1OCC. The number of nitrogens with one attached hydrogen (secondary N) is 1. The van der Waals surface area contributed by atoms with E-state index in [9.17, 15) is 18.0 Å². The average Bonchev–Trinajstić information content (AvgIpc) is 2.59. The zero-order valence-electron chi connectivity index (χ0n) is 15.2. The molecule has 2 aromatic rings. The van der Waals surface area contributed by atoms with Crippen LogP contribution in [0.25, 0.3) is 0 Å². The second-order valence-corrected chi connectivity index (χ2v) is 6.38. The van der Waals surface area contributed by atoms with Crippen molar-refractivity contribution in [2.75, 3.05) is 18.5 Å². The van der Waals surface area contributed by atoms with E-state index in [1.54, 1.807) is 12.1 Å². The third-order valence-corrected chi connectivity index (χ3v) is 4.19. The van der Waals surface area contributed by atoms with Crippen molar-refractivity contribution in [1.82, 2.24) is 0 Å². The highest BCUT2D eigenvalue weighted by Gasteiger charge is 2.32. The highest BCUT2D eigenvalue weighted by Crippen LogP contribution is 2.35. The Balaban J connectivity index is 2.19. The molecule has 0 radical (unpaired) electrons. The number of benzene rings is 2. The van der Waals surface area contributed by atoms with Crippen molar-refractivity contribution in [3.8, 4) is 17.2 Å². The molecule has 9 heteroatoms. The van der Waals surface area contributed by atoms with Gasteiger partial charge in [-0.05, 0) is 43.7 Å². The molecule has 1 amide bonds. The summed E-state index contributed by atoms with van der Waals surface area (Å²) in [6.07, 6.45) is -4.95. The summed E-state index contributed by atoms with van der Waals surface area (Å²) in [5.74, 6) is 0.0232. The van der Waals surface area contributed by atoms with E-state index in [4.69, 9.17) is 9.47 Å². The molecule has 0 aliphatic heterocycles. The van der Waals surface area contributed by atoms with Crippen LogP contribution < -0.4 is 19.5 Å². The maximum atomic E-state index is 12.5. The molecule has 0 saturated heterocycles. The quantitative estimate of drug-likeness (QED) is 0.577.